The zero-order valence-electron chi connectivity index (χ0n) is 13.6. The van der Waals surface area contributed by atoms with Gasteiger partial charge < -0.3 is 11.1 Å². The summed E-state index contributed by atoms with van der Waals surface area (Å²) in [6.07, 6.45) is 0.672. The summed E-state index contributed by atoms with van der Waals surface area (Å²) in [5.74, 6) is -0.620. The Morgan fingerprint density at radius 1 is 1.22 bits per heavy atom. The fourth-order valence-electron chi connectivity index (χ4n) is 2.55. The molecule has 0 fully saturated rings. The Morgan fingerprint density at radius 3 is 2.57 bits per heavy atom. The lowest BCUT2D eigenvalue weighted by Gasteiger charge is -2.20. The van der Waals surface area contributed by atoms with Crippen molar-refractivity contribution in [2.24, 2.45) is 11.7 Å². The standard InChI is InChI=1S/C19H23FN2O/c1-13-12-17(20)9-8-15(13)10-11-22-19(23)14(2)18(21)16-6-4-3-5-7-16/h3-9,12,14,18H,10-11,21H2,1-2H3,(H,22,23). The van der Waals surface area contributed by atoms with Crippen molar-refractivity contribution in [3.8, 4) is 0 Å². The van der Waals surface area contributed by atoms with Gasteiger partial charge in [0.2, 0.25) is 5.91 Å². The van der Waals surface area contributed by atoms with Gasteiger partial charge >= 0.3 is 0 Å². The topological polar surface area (TPSA) is 55.1 Å². The van der Waals surface area contributed by atoms with Crippen LogP contribution in [0.1, 0.15) is 29.7 Å². The molecule has 0 saturated carbocycles. The summed E-state index contributed by atoms with van der Waals surface area (Å²) < 4.78 is 13.1. The van der Waals surface area contributed by atoms with Crippen molar-refractivity contribution in [1.82, 2.24) is 5.32 Å². The third-order valence-corrected chi connectivity index (χ3v) is 4.13. The van der Waals surface area contributed by atoms with Gasteiger partial charge in [0, 0.05) is 12.6 Å². The quantitative estimate of drug-likeness (QED) is 0.860. The first-order valence-corrected chi connectivity index (χ1v) is 7.82. The monoisotopic (exact) mass is 314 g/mol. The molecule has 2 aromatic carbocycles. The maximum atomic E-state index is 13.1. The Hall–Kier alpha value is -2.20. The molecule has 2 rings (SSSR count). The molecule has 122 valence electrons. The van der Waals surface area contributed by atoms with Gasteiger partial charge in [0.25, 0.3) is 0 Å². The first kappa shape index (κ1) is 17.2. The van der Waals surface area contributed by atoms with Crippen LogP contribution in [-0.4, -0.2) is 12.5 Å². The molecule has 4 heteroatoms. The van der Waals surface area contributed by atoms with Crippen molar-refractivity contribution in [2.75, 3.05) is 6.54 Å². The highest BCUT2D eigenvalue weighted by atomic mass is 19.1. The Bertz CT molecular complexity index is 658. The third-order valence-electron chi connectivity index (χ3n) is 4.13. The summed E-state index contributed by atoms with van der Waals surface area (Å²) in [6, 6.07) is 14.0. The molecule has 0 radical (unpaired) electrons. The normalized spacial score (nSPS) is 13.4. The molecule has 0 aliphatic heterocycles. The van der Waals surface area contributed by atoms with Gasteiger partial charge in [0.1, 0.15) is 5.82 Å². The Kier molecular flexibility index (Phi) is 5.88. The van der Waals surface area contributed by atoms with Crippen molar-refractivity contribution in [3.05, 3.63) is 71.0 Å². The van der Waals surface area contributed by atoms with Gasteiger partial charge in [0.05, 0.1) is 5.92 Å². The first-order chi connectivity index (χ1) is 11.0. The molecule has 2 aromatic rings. The van der Waals surface area contributed by atoms with E-state index >= 15 is 0 Å². The largest absolute Gasteiger partial charge is 0.355 e. The van der Waals surface area contributed by atoms with E-state index in [1.54, 1.807) is 6.07 Å². The molecule has 0 heterocycles. The van der Waals surface area contributed by atoms with Crippen LogP contribution in [0.3, 0.4) is 0 Å². The molecule has 0 spiro atoms. The minimum absolute atomic E-state index is 0.0684. The van der Waals surface area contributed by atoms with Crippen LogP contribution in [0.15, 0.2) is 48.5 Å². The summed E-state index contributed by atoms with van der Waals surface area (Å²) in [7, 11) is 0. The van der Waals surface area contributed by atoms with E-state index in [2.05, 4.69) is 5.32 Å². The first-order valence-electron chi connectivity index (χ1n) is 7.82. The molecular formula is C19H23FN2O. The number of halogens is 1. The van der Waals surface area contributed by atoms with Crippen LogP contribution in [0, 0.1) is 18.7 Å². The molecule has 0 aliphatic carbocycles. The van der Waals surface area contributed by atoms with E-state index in [4.69, 9.17) is 5.73 Å². The lowest BCUT2D eigenvalue weighted by molar-refractivity contribution is -0.125. The predicted molar refractivity (Wildman–Crippen MR) is 90.4 cm³/mol. The van der Waals surface area contributed by atoms with Gasteiger partial charge in [-0.1, -0.05) is 43.3 Å². The summed E-state index contributed by atoms with van der Waals surface area (Å²) in [4.78, 5) is 12.2. The molecule has 3 N–H and O–H groups in total. The van der Waals surface area contributed by atoms with Crippen LogP contribution in [0.4, 0.5) is 4.39 Å². The van der Waals surface area contributed by atoms with Crippen molar-refractivity contribution < 1.29 is 9.18 Å². The Morgan fingerprint density at radius 2 is 1.91 bits per heavy atom. The van der Waals surface area contributed by atoms with Crippen LogP contribution in [0.2, 0.25) is 0 Å². The second kappa shape index (κ2) is 7.88. The van der Waals surface area contributed by atoms with E-state index in [1.165, 1.54) is 12.1 Å². The molecule has 1 amide bonds. The van der Waals surface area contributed by atoms with Crippen LogP contribution in [0.5, 0.6) is 0 Å². The minimum atomic E-state index is -0.330. The number of amides is 1. The van der Waals surface area contributed by atoms with E-state index in [0.717, 1.165) is 16.7 Å². The summed E-state index contributed by atoms with van der Waals surface area (Å²) >= 11 is 0. The fraction of sp³-hybridized carbons (Fsp3) is 0.316. The summed E-state index contributed by atoms with van der Waals surface area (Å²) in [5.41, 5.74) is 9.04. The van der Waals surface area contributed by atoms with Crippen molar-refractivity contribution in [2.45, 2.75) is 26.3 Å². The number of hydrogen-bond acceptors (Lipinski definition) is 2. The Balaban J connectivity index is 1.86. The molecule has 0 saturated heterocycles. The maximum Gasteiger partial charge on any atom is 0.224 e. The predicted octanol–water partition coefficient (Wildman–Crippen LogP) is 3.13. The number of benzene rings is 2. The zero-order valence-corrected chi connectivity index (χ0v) is 13.6. The number of aryl methyl sites for hydroxylation is 1. The highest BCUT2D eigenvalue weighted by molar-refractivity contribution is 5.79. The fourth-order valence-corrected chi connectivity index (χ4v) is 2.55. The van der Waals surface area contributed by atoms with Crippen molar-refractivity contribution in [3.63, 3.8) is 0 Å². The number of carbonyl (C=O) groups is 1. The second-order valence-corrected chi connectivity index (χ2v) is 5.84. The minimum Gasteiger partial charge on any atom is -0.355 e. The highest BCUT2D eigenvalue weighted by Gasteiger charge is 2.21. The molecule has 0 aliphatic rings. The van der Waals surface area contributed by atoms with E-state index in [-0.39, 0.29) is 23.7 Å². The van der Waals surface area contributed by atoms with Gasteiger partial charge in [-0.2, -0.15) is 0 Å². The van der Waals surface area contributed by atoms with E-state index in [1.807, 2.05) is 44.2 Å². The van der Waals surface area contributed by atoms with Gasteiger partial charge in [-0.05, 0) is 42.2 Å². The lowest BCUT2D eigenvalue weighted by Crippen LogP contribution is -2.36. The number of carbonyl (C=O) groups excluding carboxylic acids is 1. The Labute approximate surface area is 136 Å². The van der Waals surface area contributed by atoms with Crippen molar-refractivity contribution >= 4 is 5.91 Å². The molecular weight excluding hydrogens is 291 g/mol. The van der Waals surface area contributed by atoms with E-state index < -0.39 is 0 Å². The molecule has 0 aromatic heterocycles. The summed E-state index contributed by atoms with van der Waals surface area (Å²) in [6.45, 7) is 4.21. The molecule has 2 unspecified atom stereocenters. The van der Waals surface area contributed by atoms with E-state index in [9.17, 15) is 9.18 Å². The van der Waals surface area contributed by atoms with Crippen LogP contribution < -0.4 is 11.1 Å². The molecule has 0 bridgehead atoms. The maximum absolute atomic E-state index is 13.1. The van der Waals surface area contributed by atoms with Crippen LogP contribution in [0.25, 0.3) is 0 Å². The smallest absolute Gasteiger partial charge is 0.224 e. The van der Waals surface area contributed by atoms with Gasteiger partial charge in [-0.3, -0.25) is 4.79 Å². The lowest BCUT2D eigenvalue weighted by atomic mass is 9.94. The average Bonchev–Trinajstić information content (AvgIpc) is 2.56. The van der Waals surface area contributed by atoms with Crippen molar-refractivity contribution in [1.29, 1.82) is 0 Å². The molecule has 3 nitrogen and oxygen atoms in total. The number of hydrogen-bond donors (Lipinski definition) is 2. The van der Waals surface area contributed by atoms with Gasteiger partial charge in [-0.25, -0.2) is 4.39 Å². The average molecular weight is 314 g/mol. The third kappa shape index (κ3) is 4.63. The number of rotatable bonds is 6. The second-order valence-electron chi connectivity index (χ2n) is 5.84. The molecule has 23 heavy (non-hydrogen) atoms. The molecule has 2 atom stereocenters. The highest BCUT2D eigenvalue weighted by Crippen LogP contribution is 2.19. The van der Waals surface area contributed by atoms with Gasteiger partial charge in [-0.15, -0.1) is 0 Å². The van der Waals surface area contributed by atoms with E-state index in [0.29, 0.717) is 13.0 Å². The number of nitrogens with two attached hydrogens (primary N) is 1. The van der Waals surface area contributed by atoms with Gasteiger partial charge in [0.15, 0.2) is 0 Å². The van der Waals surface area contributed by atoms with Crippen LogP contribution >= 0.6 is 0 Å². The number of nitrogens with one attached hydrogen (secondary N) is 1. The zero-order chi connectivity index (χ0) is 16.8. The van der Waals surface area contributed by atoms with Crippen LogP contribution in [-0.2, 0) is 11.2 Å². The SMILES string of the molecule is Cc1cc(F)ccc1CCNC(=O)C(C)C(N)c1ccccc1. The summed E-state index contributed by atoms with van der Waals surface area (Å²) in [5, 5.41) is 2.91.